The van der Waals surface area contributed by atoms with E-state index in [0.29, 0.717) is 31.2 Å². The van der Waals surface area contributed by atoms with Crippen molar-refractivity contribution in [1.82, 2.24) is 10.3 Å². The van der Waals surface area contributed by atoms with Crippen molar-refractivity contribution in [3.05, 3.63) is 77.7 Å². The molecule has 0 radical (unpaired) electrons. The molecule has 1 unspecified atom stereocenters. The van der Waals surface area contributed by atoms with Crippen LogP contribution in [0.15, 0.2) is 60.8 Å². The topological polar surface area (TPSA) is 69.7 Å². The molecule has 3 aromatic rings. The lowest BCUT2D eigenvalue weighted by molar-refractivity contribution is -0.126. The number of ether oxygens (including phenoxy) is 3. The Morgan fingerprint density at radius 1 is 1.17 bits per heavy atom. The van der Waals surface area contributed by atoms with Crippen molar-refractivity contribution < 1.29 is 23.4 Å². The number of hydrogen-bond donors (Lipinski definition) is 1. The summed E-state index contributed by atoms with van der Waals surface area (Å²) in [5.41, 5.74) is 1.80. The molecule has 0 saturated carbocycles. The number of halogens is 1. The zero-order chi connectivity index (χ0) is 20.9. The number of aromatic nitrogens is 1. The number of carbonyl (C=O) groups is 1. The van der Waals surface area contributed by atoms with Crippen molar-refractivity contribution in [3.8, 4) is 23.1 Å². The molecule has 30 heavy (non-hydrogen) atoms. The first-order valence-corrected chi connectivity index (χ1v) is 9.56. The zero-order valence-electron chi connectivity index (χ0n) is 16.4. The molecule has 1 aliphatic heterocycles. The molecular weight excluding hydrogens is 387 g/mol. The van der Waals surface area contributed by atoms with E-state index in [2.05, 4.69) is 10.3 Å². The first-order chi connectivity index (χ1) is 14.6. The van der Waals surface area contributed by atoms with Crippen molar-refractivity contribution >= 4 is 5.91 Å². The van der Waals surface area contributed by atoms with E-state index in [1.54, 1.807) is 19.4 Å². The maximum Gasteiger partial charge on any atom is 0.227 e. The highest BCUT2D eigenvalue weighted by Crippen LogP contribution is 2.30. The van der Waals surface area contributed by atoms with Crippen LogP contribution in [0.3, 0.4) is 0 Å². The van der Waals surface area contributed by atoms with E-state index >= 15 is 0 Å². The summed E-state index contributed by atoms with van der Waals surface area (Å²) < 4.78 is 29.5. The number of hydrogen-bond acceptors (Lipinski definition) is 5. The summed E-state index contributed by atoms with van der Waals surface area (Å²) in [7, 11) is 1.61. The van der Waals surface area contributed by atoms with Crippen LogP contribution in [0.5, 0.6) is 23.1 Å². The van der Waals surface area contributed by atoms with Crippen LogP contribution in [0.2, 0.25) is 0 Å². The zero-order valence-corrected chi connectivity index (χ0v) is 16.4. The number of amides is 1. The van der Waals surface area contributed by atoms with Gasteiger partial charge in [0.15, 0.2) is 0 Å². The molecule has 0 bridgehead atoms. The molecule has 1 atom stereocenters. The predicted molar refractivity (Wildman–Crippen MR) is 108 cm³/mol. The lowest BCUT2D eigenvalue weighted by Crippen LogP contribution is -2.37. The van der Waals surface area contributed by atoms with Gasteiger partial charge in [-0.25, -0.2) is 9.37 Å². The molecule has 4 rings (SSSR count). The van der Waals surface area contributed by atoms with Crippen molar-refractivity contribution in [1.29, 1.82) is 0 Å². The predicted octanol–water partition coefficient (Wildman–Crippen LogP) is 3.89. The summed E-state index contributed by atoms with van der Waals surface area (Å²) >= 11 is 0. The summed E-state index contributed by atoms with van der Waals surface area (Å²) in [6.45, 7) is 0.692. The van der Waals surface area contributed by atoms with Crippen LogP contribution in [0.4, 0.5) is 4.39 Å². The lowest BCUT2D eigenvalue weighted by atomic mass is 9.95. The summed E-state index contributed by atoms with van der Waals surface area (Å²) in [5.74, 6) is 1.76. The molecule has 1 aliphatic rings. The first kappa shape index (κ1) is 19.7. The van der Waals surface area contributed by atoms with Gasteiger partial charge >= 0.3 is 0 Å². The smallest absolute Gasteiger partial charge is 0.227 e. The first-order valence-electron chi connectivity index (χ1n) is 9.56. The van der Waals surface area contributed by atoms with Crippen molar-refractivity contribution in [2.24, 2.45) is 5.92 Å². The summed E-state index contributed by atoms with van der Waals surface area (Å²) in [6.07, 6.45) is 2.23. The number of pyridine rings is 1. The van der Waals surface area contributed by atoms with Gasteiger partial charge in [-0.1, -0.05) is 6.07 Å². The average Bonchev–Trinajstić information content (AvgIpc) is 2.79. The van der Waals surface area contributed by atoms with Crippen molar-refractivity contribution in [2.45, 2.75) is 13.0 Å². The normalized spacial score (nSPS) is 14.9. The minimum atomic E-state index is -0.326. The molecule has 0 saturated heterocycles. The molecule has 1 amide bonds. The Labute approximate surface area is 173 Å². The van der Waals surface area contributed by atoms with Gasteiger partial charge in [0.05, 0.1) is 13.0 Å². The molecule has 0 fully saturated rings. The molecule has 0 aliphatic carbocycles. The van der Waals surface area contributed by atoms with Crippen molar-refractivity contribution in [2.75, 3.05) is 13.7 Å². The number of nitrogens with zero attached hydrogens (tertiary/aromatic N) is 1. The van der Waals surface area contributed by atoms with Gasteiger partial charge in [0.25, 0.3) is 0 Å². The Hall–Kier alpha value is -3.61. The average molecular weight is 408 g/mol. The third-order valence-corrected chi connectivity index (χ3v) is 4.85. The molecule has 2 aromatic carbocycles. The van der Waals surface area contributed by atoms with E-state index in [1.807, 2.05) is 24.3 Å². The summed E-state index contributed by atoms with van der Waals surface area (Å²) in [5, 5.41) is 2.93. The molecule has 2 heterocycles. The standard InChI is InChI=1S/C23H21FN2O4/c1-28-20-7-8-21-16(11-20)10-17(14-29-21)23(27)26-13-15-2-9-22(25-12-15)30-19-5-3-18(24)4-6-19/h2-9,11-12,17H,10,13-14H2,1H3,(H,26,27). The lowest BCUT2D eigenvalue weighted by Gasteiger charge is -2.25. The van der Waals surface area contributed by atoms with E-state index in [1.165, 1.54) is 24.3 Å². The second-order valence-corrected chi connectivity index (χ2v) is 6.96. The highest BCUT2D eigenvalue weighted by atomic mass is 19.1. The maximum absolute atomic E-state index is 13.0. The number of carbonyl (C=O) groups excluding carboxylic acids is 1. The fourth-order valence-corrected chi connectivity index (χ4v) is 3.20. The second kappa shape index (κ2) is 8.82. The second-order valence-electron chi connectivity index (χ2n) is 6.96. The van der Waals surface area contributed by atoms with Gasteiger partial charge in [-0.05, 0) is 60.0 Å². The fourth-order valence-electron chi connectivity index (χ4n) is 3.20. The van der Waals surface area contributed by atoms with Gasteiger partial charge in [-0.3, -0.25) is 4.79 Å². The largest absolute Gasteiger partial charge is 0.497 e. The highest BCUT2D eigenvalue weighted by molar-refractivity contribution is 5.79. The minimum absolute atomic E-state index is 0.0740. The number of rotatable bonds is 6. The third-order valence-electron chi connectivity index (χ3n) is 4.85. The number of fused-ring (bicyclic) bond motifs is 1. The van der Waals surface area contributed by atoms with Crippen LogP contribution in [0, 0.1) is 11.7 Å². The molecule has 154 valence electrons. The van der Waals surface area contributed by atoms with Gasteiger partial charge in [-0.15, -0.1) is 0 Å². The third kappa shape index (κ3) is 4.68. The minimum Gasteiger partial charge on any atom is -0.497 e. The van der Waals surface area contributed by atoms with Gasteiger partial charge in [-0.2, -0.15) is 0 Å². The Morgan fingerprint density at radius 3 is 2.70 bits per heavy atom. The Balaban J connectivity index is 1.31. The van der Waals surface area contributed by atoms with E-state index < -0.39 is 0 Å². The SMILES string of the molecule is COc1ccc2c(c1)CC(C(=O)NCc1ccc(Oc3ccc(F)cc3)nc1)CO2. The van der Waals surface area contributed by atoms with Gasteiger partial charge in [0.1, 0.15) is 29.7 Å². The van der Waals surface area contributed by atoms with Crippen molar-refractivity contribution in [3.63, 3.8) is 0 Å². The highest BCUT2D eigenvalue weighted by Gasteiger charge is 2.26. The van der Waals surface area contributed by atoms with Crippen LogP contribution >= 0.6 is 0 Å². The summed E-state index contributed by atoms with van der Waals surface area (Å²) in [6, 6.07) is 14.8. The number of methoxy groups -OCH3 is 1. The Bertz CT molecular complexity index is 1020. The molecule has 0 spiro atoms. The van der Waals surface area contributed by atoms with Gasteiger partial charge in [0.2, 0.25) is 11.8 Å². The monoisotopic (exact) mass is 408 g/mol. The quantitative estimate of drug-likeness (QED) is 0.670. The molecule has 7 heteroatoms. The molecule has 1 N–H and O–H groups in total. The van der Waals surface area contributed by atoms with Crippen LogP contribution in [-0.2, 0) is 17.8 Å². The number of nitrogens with one attached hydrogen (secondary N) is 1. The fraction of sp³-hybridized carbons (Fsp3) is 0.217. The Morgan fingerprint density at radius 2 is 1.97 bits per heavy atom. The Kier molecular flexibility index (Phi) is 5.79. The van der Waals surface area contributed by atoms with Crippen LogP contribution < -0.4 is 19.5 Å². The van der Waals surface area contributed by atoms with Gasteiger partial charge in [0, 0.05) is 18.8 Å². The summed E-state index contributed by atoms with van der Waals surface area (Å²) in [4.78, 5) is 16.8. The van der Waals surface area contributed by atoms with E-state index in [9.17, 15) is 9.18 Å². The van der Waals surface area contributed by atoms with Crippen LogP contribution in [0.25, 0.3) is 0 Å². The molecular formula is C23H21FN2O4. The molecule has 1 aromatic heterocycles. The van der Waals surface area contributed by atoms with E-state index in [0.717, 1.165) is 22.6 Å². The van der Waals surface area contributed by atoms with E-state index in [-0.39, 0.29) is 17.6 Å². The van der Waals surface area contributed by atoms with Gasteiger partial charge < -0.3 is 19.5 Å². The van der Waals surface area contributed by atoms with Crippen LogP contribution in [0.1, 0.15) is 11.1 Å². The maximum atomic E-state index is 13.0. The number of benzene rings is 2. The van der Waals surface area contributed by atoms with Crippen LogP contribution in [-0.4, -0.2) is 24.6 Å². The molecule has 6 nitrogen and oxygen atoms in total. The van der Waals surface area contributed by atoms with E-state index in [4.69, 9.17) is 14.2 Å².